The van der Waals surface area contributed by atoms with Crippen LogP contribution in [0.1, 0.15) is 10.8 Å². The van der Waals surface area contributed by atoms with Gasteiger partial charge in [0.2, 0.25) is 11.1 Å². The van der Waals surface area contributed by atoms with Gasteiger partial charge >= 0.3 is 0 Å². The Morgan fingerprint density at radius 1 is 1.03 bits per heavy atom. The van der Waals surface area contributed by atoms with Crippen LogP contribution in [0.2, 0.25) is 10.0 Å². The molecule has 0 bridgehead atoms. The molecule has 4 aromatic rings. The second kappa shape index (κ2) is 10.0. The predicted molar refractivity (Wildman–Crippen MR) is 126 cm³/mol. The molecule has 7 nitrogen and oxygen atoms in total. The van der Waals surface area contributed by atoms with Gasteiger partial charge in [-0.05, 0) is 58.5 Å². The Balaban J connectivity index is 1.64. The minimum atomic E-state index is -0.628. The molecule has 1 amide bonds. The molecule has 1 N–H and O–H groups in total. The number of halogens is 2. The van der Waals surface area contributed by atoms with Gasteiger partial charge in [-0.2, -0.15) is 4.68 Å². The molecular weight excluding hydrogens is 469 g/mol. The summed E-state index contributed by atoms with van der Waals surface area (Å²) in [5.74, 6) is 0.460. The molecule has 0 aliphatic heterocycles. The number of amides is 1. The van der Waals surface area contributed by atoms with Gasteiger partial charge in [-0.15, -0.1) is 5.10 Å². The third kappa shape index (κ3) is 5.21. The van der Waals surface area contributed by atoms with E-state index in [0.29, 0.717) is 20.9 Å². The van der Waals surface area contributed by atoms with E-state index in [4.69, 9.17) is 27.9 Å². The van der Waals surface area contributed by atoms with Crippen LogP contribution in [0.25, 0.3) is 5.69 Å². The van der Waals surface area contributed by atoms with Crippen LogP contribution >= 0.6 is 35.0 Å². The lowest BCUT2D eigenvalue weighted by Gasteiger charge is -2.17. The van der Waals surface area contributed by atoms with E-state index in [0.717, 1.165) is 17.0 Å². The van der Waals surface area contributed by atoms with Gasteiger partial charge in [0.15, 0.2) is 0 Å². The number of ether oxygens (including phenoxy) is 1. The first-order valence-corrected chi connectivity index (χ1v) is 11.1. The van der Waals surface area contributed by atoms with Crippen molar-refractivity contribution in [1.82, 2.24) is 20.2 Å². The van der Waals surface area contributed by atoms with E-state index >= 15 is 0 Å². The fourth-order valence-corrected chi connectivity index (χ4v) is 4.50. The molecule has 1 aromatic heterocycles. The molecule has 32 heavy (non-hydrogen) atoms. The molecule has 0 spiro atoms. The smallest absolute Gasteiger partial charge is 0.242 e. The molecule has 162 valence electrons. The van der Waals surface area contributed by atoms with E-state index in [-0.39, 0.29) is 5.91 Å². The molecule has 0 fully saturated rings. The highest BCUT2D eigenvalue weighted by Gasteiger charge is 2.25. The van der Waals surface area contributed by atoms with E-state index in [9.17, 15) is 4.79 Å². The molecule has 0 unspecified atom stereocenters. The molecule has 10 heteroatoms. The predicted octanol–water partition coefficient (Wildman–Crippen LogP) is 5.45. The van der Waals surface area contributed by atoms with Gasteiger partial charge in [0.25, 0.3) is 0 Å². The second-order valence-electron chi connectivity index (χ2n) is 6.63. The Kier molecular flexibility index (Phi) is 6.94. The summed E-state index contributed by atoms with van der Waals surface area (Å²) in [4.78, 5) is 13.3. The summed E-state index contributed by atoms with van der Waals surface area (Å²) < 4.78 is 6.78. The summed E-state index contributed by atoms with van der Waals surface area (Å²) in [6, 6.07) is 21.6. The zero-order valence-corrected chi connectivity index (χ0v) is 19.1. The van der Waals surface area contributed by atoms with Gasteiger partial charge in [-0.25, -0.2) is 0 Å². The summed E-state index contributed by atoms with van der Waals surface area (Å²) in [5.41, 5.74) is 2.04. The van der Waals surface area contributed by atoms with Crippen molar-refractivity contribution in [2.45, 2.75) is 10.4 Å². The minimum absolute atomic E-state index is 0.260. The molecule has 0 saturated heterocycles. The van der Waals surface area contributed by atoms with Crippen molar-refractivity contribution in [2.24, 2.45) is 0 Å². The Morgan fingerprint density at radius 2 is 1.72 bits per heavy atom. The summed E-state index contributed by atoms with van der Waals surface area (Å²) in [5, 5.41) is 15.6. The van der Waals surface area contributed by atoms with Crippen molar-refractivity contribution in [3.63, 3.8) is 0 Å². The molecule has 3 aromatic carbocycles. The number of thioether (sulfide) groups is 1. The van der Waals surface area contributed by atoms with Crippen LogP contribution in [0.5, 0.6) is 5.75 Å². The number of nitrogens with one attached hydrogen (secondary N) is 1. The zero-order chi connectivity index (χ0) is 22.5. The second-order valence-corrected chi connectivity index (χ2v) is 8.57. The van der Waals surface area contributed by atoms with Crippen molar-refractivity contribution in [3.05, 3.63) is 88.4 Å². The van der Waals surface area contributed by atoms with Crippen LogP contribution < -0.4 is 10.1 Å². The Bertz CT molecular complexity index is 1200. The number of carbonyl (C=O) groups excluding carboxylic acids is 1. The average Bonchev–Trinajstić information content (AvgIpc) is 3.25. The Morgan fingerprint density at radius 3 is 2.38 bits per heavy atom. The lowest BCUT2D eigenvalue weighted by Crippen LogP contribution is -2.19. The van der Waals surface area contributed by atoms with Crippen LogP contribution in [0.3, 0.4) is 0 Å². The zero-order valence-electron chi connectivity index (χ0n) is 16.8. The maximum absolute atomic E-state index is 13.3. The SMILES string of the molecule is COc1ccc(-n2nnnc2S[C@H](C(=O)Nc2cc(Cl)cc(Cl)c2)c2ccccc2)cc1. The number of aromatic nitrogens is 4. The van der Waals surface area contributed by atoms with Crippen molar-refractivity contribution < 1.29 is 9.53 Å². The van der Waals surface area contributed by atoms with Crippen LogP contribution in [0.15, 0.2) is 78.0 Å². The molecular formula is C22H17Cl2N5O2S. The van der Waals surface area contributed by atoms with E-state index in [2.05, 4.69) is 20.8 Å². The number of nitrogens with zero attached hydrogens (tertiary/aromatic N) is 4. The number of anilines is 1. The van der Waals surface area contributed by atoms with E-state index in [1.54, 1.807) is 30.0 Å². The van der Waals surface area contributed by atoms with Crippen LogP contribution in [-0.4, -0.2) is 33.2 Å². The Labute approximate surface area is 198 Å². The topological polar surface area (TPSA) is 81.9 Å². The highest BCUT2D eigenvalue weighted by atomic mass is 35.5. The molecule has 0 radical (unpaired) electrons. The highest BCUT2D eigenvalue weighted by Crippen LogP contribution is 2.36. The lowest BCUT2D eigenvalue weighted by atomic mass is 10.1. The fourth-order valence-electron chi connectivity index (χ4n) is 2.98. The van der Waals surface area contributed by atoms with Gasteiger partial charge in [0.1, 0.15) is 11.0 Å². The number of tetrazole rings is 1. The van der Waals surface area contributed by atoms with Crippen LogP contribution in [0.4, 0.5) is 5.69 Å². The van der Waals surface area contributed by atoms with Crippen molar-refractivity contribution in [2.75, 3.05) is 12.4 Å². The number of methoxy groups -OCH3 is 1. The largest absolute Gasteiger partial charge is 0.497 e. The molecule has 1 atom stereocenters. The van der Waals surface area contributed by atoms with Crippen molar-refractivity contribution >= 4 is 46.6 Å². The summed E-state index contributed by atoms with van der Waals surface area (Å²) in [6.45, 7) is 0. The number of rotatable bonds is 7. The van der Waals surface area contributed by atoms with Gasteiger partial charge in [0.05, 0.1) is 12.8 Å². The summed E-state index contributed by atoms with van der Waals surface area (Å²) >= 11 is 13.4. The molecule has 0 saturated carbocycles. The molecule has 4 rings (SSSR count). The third-order valence-electron chi connectivity index (χ3n) is 4.45. The lowest BCUT2D eigenvalue weighted by molar-refractivity contribution is -0.115. The fraction of sp³-hybridized carbons (Fsp3) is 0.0909. The first-order chi connectivity index (χ1) is 15.5. The first-order valence-electron chi connectivity index (χ1n) is 9.45. The monoisotopic (exact) mass is 485 g/mol. The average molecular weight is 486 g/mol. The van der Waals surface area contributed by atoms with Crippen LogP contribution in [0, 0.1) is 0 Å². The van der Waals surface area contributed by atoms with Gasteiger partial charge < -0.3 is 10.1 Å². The highest BCUT2D eigenvalue weighted by molar-refractivity contribution is 8.00. The Hall–Kier alpha value is -3.07. The van der Waals surface area contributed by atoms with E-state index < -0.39 is 5.25 Å². The van der Waals surface area contributed by atoms with Crippen molar-refractivity contribution in [1.29, 1.82) is 0 Å². The minimum Gasteiger partial charge on any atom is -0.497 e. The number of hydrogen-bond donors (Lipinski definition) is 1. The summed E-state index contributed by atoms with van der Waals surface area (Å²) in [6.07, 6.45) is 0. The number of carbonyl (C=O) groups is 1. The van der Waals surface area contributed by atoms with Crippen LogP contribution in [-0.2, 0) is 4.79 Å². The maximum atomic E-state index is 13.3. The summed E-state index contributed by atoms with van der Waals surface area (Å²) in [7, 11) is 1.60. The standard InChI is InChI=1S/C22H17Cl2N5O2S/c1-31-19-9-7-18(8-10-19)29-22(26-27-28-29)32-20(14-5-3-2-4-6-14)21(30)25-17-12-15(23)11-16(24)13-17/h2-13,20H,1H3,(H,25,30)/t20-/m0/s1. The number of hydrogen-bond acceptors (Lipinski definition) is 6. The quantitative estimate of drug-likeness (QED) is 0.350. The van der Waals surface area contributed by atoms with Crippen molar-refractivity contribution in [3.8, 4) is 11.4 Å². The van der Waals surface area contributed by atoms with Gasteiger partial charge in [-0.3, -0.25) is 4.79 Å². The molecule has 0 aliphatic rings. The molecule has 0 aliphatic carbocycles. The van der Waals surface area contributed by atoms with Gasteiger partial charge in [0, 0.05) is 15.7 Å². The molecule has 1 heterocycles. The maximum Gasteiger partial charge on any atom is 0.242 e. The van der Waals surface area contributed by atoms with E-state index in [1.165, 1.54) is 11.8 Å². The van der Waals surface area contributed by atoms with Gasteiger partial charge in [-0.1, -0.05) is 65.3 Å². The normalized spacial score (nSPS) is 11.7. The van der Waals surface area contributed by atoms with E-state index in [1.807, 2.05) is 54.6 Å². The number of benzene rings is 3. The third-order valence-corrected chi connectivity index (χ3v) is 6.08. The first kappa shape index (κ1) is 22.1.